The van der Waals surface area contributed by atoms with Gasteiger partial charge in [-0.1, -0.05) is 13.8 Å². The molecule has 0 radical (unpaired) electrons. The summed E-state index contributed by atoms with van der Waals surface area (Å²) in [7, 11) is 0. The number of nitrogens with zero attached hydrogens (tertiary/aromatic N) is 2. The average Bonchev–Trinajstić information content (AvgIpc) is 3.62. The van der Waals surface area contributed by atoms with Crippen LogP contribution >= 0.6 is 0 Å². The van der Waals surface area contributed by atoms with Crippen LogP contribution in [0.4, 0.5) is 23.2 Å². The van der Waals surface area contributed by atoms with E-state index in [2.05, 4.69) is 4.98 Å². The summed E-state index contributed by atoms with van der Waals surface area (Å²) in [4.78, 5) is 30.5. The number of pyridine rings is 1. The van der Waals surface area contributed by atoms with Gasteiger partial charge < -0.3 is 10.2 Å². The molecule has 1 saturated carbocycles. The third-order valence-electron chi connectivity index (χ3n) is 5.26. The summed E-state index contributed by atoms with van der Waals surface area (Å²) < 4.78 is 54.2. The van der Waals surface area contributed by atoms with Gasteiger partial charge in [0.25, 0.3) is 5.91 Å². The van der Waals surface area contributed by atoms with E-state index in [1.54, 1.807) is 4.90 Å². The van der Waals surface area contributed by atoms with Crippen LogP contribution in [-0.2, 0) is 11.2 Å². The van der Waals surface area contributed by atoms with Crippen molar-refractivity contribution in [2.24, 2.45) is 5.92 Å². The third kappa shape index (κ3) is 5.26. The first kappa shape index (κ1) is 23.7. The van der Waals surface area contributed by atoms with Crippen molar-refractivity contribution in [1.29, 1.82) is 0 Å². The van der Waals surface area contributed by atoms with E-state index in [1.165, 1.54) is 12.1 Å². The van der Waals surface area contributed by atoms with Crippen LogP contribution in [0.2, 0.25) is 0 Å². The van der Waals surface area contributed by atoms with Crippen LogP contribution in [0.1, 0.15) is 60.9 Å². The highest BCUT2D eigenvalue weighted by molar-refractivity contribution is 5.97. The zero-order chi connectivity index (χ0) is 23.5. The first-order chi connectivity index (χ1) is 15.2. The van der Waals surface area contributed by atoms with E-state index in [0.29, 0.717) is 30.8 Å². The van der Waals surface area contributed by atoms with E-state index < -0.39 is 23.9 Å². The molecule has 2 aliphatic rings. The van der Waals surface area contributed by atoms with Crippen LogP contribution in [0.15, 0.2) is 36.4 Å². The molecule has 0 spiro atoms. The number of fused-ring (bicyclic) bond motifs is 1. The van der Waals surface area contributed by atoms with E-state index in [0.717, 1.165) is 37.1 Å². The van der Waals surface area contributed by atoms with E-state index in [1.807, 2.05) is 19.2 Å². The van der Waals surface area contributed by atoms with Crippen LogP contribution in [0.3, 0.4) is 0 Å². The minimum absolute atomic E-state index is 0.00597. The Morgan fingerprint density at radius 3 is 2.34 bits per heavy atom. The van der Waals surface area contributed by atoms with Crippen molar-refractivity contribution < 1.29 is 27.2 Å². The van der Waals surface area contributed by atoms with E-state index >= 15 is 0 Å². The SMILES string of the molecule is CC.O=C(NC(c1ccc2c(n1)CCCN2C(=O)C1CC1)C(F)(F)F)c1ccc(F)cc1. The lowest BCUT2D eigenvalue weighted by molar-refractivity contribution is -0.156. The first-order valence-electron chi connectivity index (χ1n) is 10.7. The summed E-state index contributed by atoms with van der Waals surface area (Å²) in [5, 5.41) is 1.95. The predicted octanol–water partition coefficient (Wildman–Crippen LogP) is 4.97. The monoisotopic (exact) mass is 451 g/mol. The van der Waals surface area contributed by atoms with Crippen molar-refractivity contribution in [2.45, 2.75) is 51.7 Å². The fourth-order valence-electron chi connectivity index (χ4n) is 3.55. The van der Waals surface area contributed by atoms with Crippen LogP contribution in [0.5, 0.6) is 0 Å². The van der Waals surface area contributed by atoms with Gasteiger partial charge in [-0.15, -0.1) is 0 Å². The van der Waals surface area contributed by atoms with Gasteiger partial charge in [0.05, 0.1) is 17.1 Å². The Morgan fingerprint density at radius 1 is 1.09 bits per heavy atom. The minimum Gasteiger partial charge on any atom is -0.335 e. The molecule has 1 N–H and O–H groups in total. The smallest absolute Gasteiger partial charge is 0.335 e. The third-order valence-corrected chi connectivity index (χ3v) is 5.26. The van der Waals surface area contributed by atoms with Crippen LogP contribution in [-0.4, -0.2) is 29.5 Å². The number of carbonyl (C=O) groups is 2. The Balaban J connectivity index is 0.00000141. The van der Waals surface area contributed by atoms with Gasteiger partial charge in [-0.25, -0.2) is 4.39 Å². The summed E-state index contributed by atoms with van der Waals surface area (Å²) in [6.45, 7) is 4.52. The number of carbonyl (C=O) groups excluding carboxylic acids is 2. The molecule has 1 aliphatic heterocycles. The van der Waals surface area contributed by atoms with Gasteiger partial charge in [-0.05, 0) is 62.1 Å². The molecule has 0 bridgehead atoms. The molecule has 4 rings (SSSR count). The van der Waals surface area contributed by atoms with Crippen molar-refractivity contribution in [3.63, 3.8) is 0 Å². The van der Waals surface area contributed by atoms with Gasteiger partial charge in [0.1, 0.15) is 5.82 Å². The number of aryl methyl sites for hydroxylation is 1. The second kappa shape index (κ2) is 9.67. The first-order valence-corrected chi connectivity index (χ1v) is 10.7. The number of hydrogen-bond acceptors (Lipinski definition) is 3. The normalized spacial score (nSPS) is 16.4. The van der Waals surface area contributed by atoms with Crippen molar-refractivity contribution in [2.75, 3.05) is 11.4 Å². The molecule has 172 valence electrons. The van der Waals surface area contributed by atoms with Gasteiger partial charge in [0, 0.05) is 18.0 Å². The molecule has 1 atom stereocenters. The van der Waals surface area contributed by atoms with Crippen molar-refractivity contribution >= 4 is 17.5 Å². The van der Waals surface area contributed by atoms with Crippen LogP contribution in [0.25, 0.3) is 0 Å². The van der Waals surface area contributed by atoms with Gasteiger partial charge in [-0.2, -0.15) is 13.2 Å². The molecule has 1 aliphatic carbocycles. The number of anilines is 1. The predicted molar refractivity (Wildman–Crippen MR) is 112 cm³/mol. The number of halogens is 4. The Kier molecular flexibility index (Phi) is 7.16. The minimum atomic E-state index is -4.78. The molecule has 1 unspecified atom stereocenters. The molecule has 9 heteroatoms. The number of alkyl halides is 3. The lowest BCUT2D eigenvalue weighted by atomic mass is 10.0. The van der Waals surface area contributed by atoms with E-state index in [4.69, 9.17) is 0 Å². The summed E-state index contributed by atoms with van der Waals surface area (Å²) in [6, 6.07) is 4.56. The highest BCUT2D eigenvalue weighted by Gasteiger charge is 2.44. The Bertz CT molecular complexity index is 972. The highest BCUT2D eigenvalue weighted by atomic mass is 19.4. The summed E-state index contributed by atoms with van der Waals surface area (Å²) in [6.07, 6.45) is -2.05. The summed E-state index contributed by atoms with van der Waals surface area (Å²) >= 11 is 0. The van der Waals surface area contributed by atoms with Crippen molar-refractivity contribution in [1.82, 2.24) is 10.3 Å². The largest absolute Gasteiger partial charge is 0.414 e. The highest BCUT2D eigenvalue weighted by Crippen LogP contribution is 2.37. The number of hydrogen-bond donors (Lipinski definition) is 1. The zero-order valence-electron chi connectivity index (χ0n) is 17.9. The lowest BCUT2D eigenvalue weighted by Gasteiger charge is -2.30. The molecule has 0 saturated heterocycles. The standard InChI is InChI=1S/C21H19F4N3O2.C2H6/c22-14-7-5-12(6-8-14)19(29)27-18(21(23,24)25)16-9-10-17-15(26-16)2-1-11-28(17)20(30)13-3-4-13;1-2/h5-10,13,18H,1-4,11H2,(H,27,29);1-2H3. The number of amides is 2. The van der Waals surface area contributed by atoms with Crippen molar-refractivity contribution in [3.05, 3.63) is 59.2 Å². The Labute approximate surface area is 183 Å². The van der Waals surface area contributed by atoms with E-state index in [-0.39, 0.29) is 23.1 Å². The van der Waals surface area contributed by atoms with E-state index in [9.17, 15) is 27.2 Å². The Morgan fingerprint density at radius 2 is 1.75 bits per heavy atom. The molecule has 2 heterocycles. The molecule has 2 amide bonds. The van der Waals surface area contributed by atoms with Gasteiger partial charge in [-0.3, -0.25) is 14.6 Å². The molecule has 32 heavy (non-hydrogen) atoms. The second-order valence-corrected chi connectivity index (χ2v) is 7.52. The van der Waals surface area contributed by atoms with Gasteiger partial charge in [0.2, 0.25) is 5.91 Å². The quantitative estimate of drug-likeness (QED) is 0.668. The number of aromatic nitrogens is 1. The number of rotatable bonds is 4. The maximum absolute atomic E-state index is 13.7. The van der Waals surface area contributed by atoms with Gasteiger partial charge in [0.15, 0.2) is 6.04 Å². The summed E-state index contributed by atoms with van der Waals surface area (Å²) in [5.74, 6) is -1.60. The summed E-state index contributed by atoms with van der Waals surface area (Å²) in [5.41, 5.74) is 0.507. The van der Waals surface area contributed by atoms with Crippen LogP contribution in [0, 0.1) is 11.7 Å². The van der Waals surface area contributed by atoms with Gasteiger partial charge >= 0.3 is 6.18 Å². The second-order valence-electron chi connectivity index (χ2n) is 7.52. The average molecular weight is 451 g/mol. The van der Waals surface area contributed by atoms with Crippen molar-refractivity contribution in [3.8, 4) is 0 Å². The van der Waals surface area contributed by atoms with Crippen LogP contribution < -0.4 is 10.2 Å². The topological polar surface area (TPSA) is 62.3 Å². The molecule has 5 nitrogen and oxygen atoms in total. The fraction of sp³-hybridized carbons (Fsp3) is 0.435. The molecular weight excluding hydrogens is 426 g/mol. The molecule has 1 fully saturated rings. The molecule has 1 aromatic carbocycles. The molecule has 2 aromatic rings. The maximum atomic E-state index is 13.7. The Hall–Kier alpha value is -2.97. The fourth-order valence-corrected chi connectivity index (χ4v) is 3.55. The number of benzene rings is 1. The number of nitrogens with one attached hydrogen (secondary N) is 1. The molecular formula is C23H25F4N3O2. The zero-order valence-corrected chi connectivity index (χ0v) is 17.9. The molecule has 1 aromatic heterocycles. The lowest BCUT2D eigenvalue weighted by Crippen LogP contribution is -2.40. The maximum Gasteiger partial charge on any atom is 0.414 e.